The maximum absolute atomic E-state index is 13.9. The van der Waals surface area contributed by atoms with E-state index < -0.39 is 58.7 Å². The number of alkyl halides is 3. The molecule has 0 unspecified atom stereocenters. The molecule has 0 radical (unpaired) electrons. The quantitative estimate of drug-likeness (QED) is 0.785. The number of nitrogens with one attached hydrogen (secondary N) is 1. The van der Waals surface area contributed by atoms with Crippen LogP contribution in [0, 0.1) is 28.8 Å². The zero-order chi connectivity index (χ0) is 19.5. The molecule has 0 saturated carbocycles. The minimum Gasteiger partial charge on any atom is -0.449 e. The molecule has 0 aliphatic rings. The second-order valence-corrected chi connectivity index (χ2v) is 4.86. The number of nitrogens with zero attached hydrogens (tertiary/aromatic N) is 1. The van der Waals surface area contributed by atoms with Crippen molar-refractivity contribution in [2.75, 3.05) is 5.32 Å². The first-order valence-corrected chi connectivity index (χ1v) is 6.83. The van der Waals surface area contributed by atoms with E-state index in [0.717, 1.165) is 18.2 Å². The number of carbonyl (C=O) groups is 1. The maximum atomic E-state index is 13.9. The first kappa shape index (κ1) is 19.1. The molecule has 0 saturated heterocycles. The largest absolute Gasteiger partial charge is 0.449 e. The van der Waals surface area contributed by atoms with Gasteiger partial charge in [-0.3, -0.25) is 4.79 Å². The molecule has 2 aromatic carbocycles. The number of amides is 1. The van der Waals surface area contributed by atoms with Gasteiger partial charge in [0.15, 0.2) is 29.0 Å². The van der Waals surface area contributed by atoms with Crippen LogP contribution >= 0.6 is 0 Å². The minimum absolute atomic E-state index is 0.0195. The van der Waals surface area contributed by atoms with Gasteiger partial charge in [-0.2, -0.15) is 18.4 Å². The van der Waals surface area contributed by atoms with E-state index >= 15 is 0 Å². The summed E-state index contributed by atoms with van der Waals surface area (Å²) in [6.45, 7) is 0. The monoisotopic (exact) mass is 374 g/mol. The van der Waals surface area contributed by atoms with Crippen LogP contribution < -0.4 is 10.1 Å². The summed E-state index contributed by atoms with van der Waals surface area (Å²) in [5.41, 5.74) is -2.19. The van der Waals surface area contributed by atoms with Crippen molar-refractivity contribution in [2.45, 2.75) is 12.6 Å². The lowest BCUT2D eigenvalue weighted by Gasteiger charge is -2.15. The number of rotatable bonds is 4. The first-order valence-electron chi connectivity index (χ1n) is 6.83. The molecule has 0 aromatic heterocycles. The van der Waals surface area contributed by atoms with E-state index in [0.29, 0.717) is 0 Å². The molecule has 136 valence electrons. The Kier molecular flexibility index (Phi) is 5.40. The van der Waals surface area contributed by atoms with E-state index in [-0.39, 0.29) is 12.1 Å². The van der Waals surface area contributed by atoms with Crippen LogP contribution in [-0.4, -0.2) is 5.91 Å². The lowest BCUT2D eigenvalue weighted by Crippen LogP contribution is -2.12. The van der Waals surface area contributed by atoms with Gasteiger partial charge in [-0.15, -0.1) is 0 Å². The normalized spacial score (nSPS) is 11.0. The number of para-hydroxylation sites is 1. The van der Waals surface area contributed by atoms with Crippen molar-refractivity contribution in [1.82, 2.24) is 0 Å². The topological polar surface area (TPSA) is 62.1 Å². The van der Waals surface area contributed by atoms with E-state index in [4.69, 9.17) is 10.00 Å². The van der Waals surface area contributed by atoms with Crippen LogP contribution in [0.1, 0.15) is 12.0 Å². The van der Waals surface area contributed by atoms with Crippen LogP contribution in [0.2, 0.25) is 0 Å². The molecule has 0 atom stereocenters. The van der Waals surface area contributed by atoms with E-state index in [1.54, 1.807) is 0 Å². The van der Waals surface area contributed by atoms with Gasteiger partial charge in [0.05, 0.1) is 11.6 Å². The van der Waals surface area contributed by atoms with Crippen LogP contribution in [0.5, 0.6) is 11.5 Å². The number of benzene rings is 2. The second-order valence-electron chi connectivity index (χ2n) is 4.86. The molecule has 0 aliphatic carbocycles. The average molecular weight is 374 g/mol. The highest BCUT2D eigenvalue weighted by Gasteiger charge is 2.33. The SMILES string of the molecule is N#CCC(=O)Nc1c(F)cccc1Oc1c(F)cc(C(F)(F)F)cc1F. The van der Waals surface area contributed by atoms with Crippen LogP contribution in [0.15, 0.2) is 30.3 Å². The van der Waals surface area contributed by atoms with Gasteiger partial charge in [0.2, 0.25) is 5.91 Å². The molecule has 26 heavy (non-hydrogen) atoms. The minimum atomic E-state index is -4.98. The van der Waals surface area contributed by atoms with Crippen molar-refractivity contribution in [2.24, 2.45) is 0 Å². The van der Waals surface area contributed by atoms with Gasteiger partial charge >= 0.3 is 6.18 Å². The fourth-order valence-corrected chi connectivity index (χ4v) is 1.90. The van der Waals surface area contributed by atoms with Crippen molar-refractivity contribution in [3.63, 3.8) is 0 Å². The van der Waals surface area contributed by atoms with Gasteiger partial charge in [0, 0.05) is 0 Å². The zero-order valence-corrected chi connectivity index (χ0v) is 12.6. The number of ether oxygens (including phenoxy) is 1. The maximum Gasteiger partial charge on any atom is 0.416 e. The third-order valence-electron chi connectivity index (χ3n) is 3.02. The first-order chi connectivity index (χ1) is 12.1. The molecule has 0 bridgehead atoms. The lowest BCUT2D eigenvalue weighted by atomic mass is 10.2. The van der Waals surface area contributed by atoms with E-state index in [1.807, 2.05) is 5.32 Å². The highest BCUT2D eigenvalue weighted by Crippen LogP contribution is 2.38. The van der Waals surface area contributed by atoms with Crippen molar-refractivity contribution in [1.29, 1.82) is 5.26 Å². The molecule has 0 aliphatic heterocycles. The highest BCUT2D eigenvalue weighted by molar-refractivity contribution is 5.93. The van der Waals surface area contributed by atoms with E-state index in [1.165, 1.54) is 6.07 Å². The van der Waals surface area contributed by atoms with Crippen molar-refractivity contribution < 1.29 is 35.9 Å². The Bertz CT molecular complexity index is 866. The molecule has 1 N–H and O–H groups in total. The Hall–Kier alpha value is -3.22. The molecule has 0 spiro atoms. The summed E-state index contributed by atoms with van der Waals surface area (Å²) in [7, 11) is 0. The predicted molar refractivity (Wildman–Crippen MR) is 76.7 cm³/mol. The summed E-state index contributed by atoms with van der Waals surface area (Å²) in [4.78, 5) is 11.4. The number of hydrogen-bond donors (Lipinski definition) is 1. The molecule has 2 aromatic rings. The second kappa shape index (κ2) is 7.35. The average Bonchev–Trinajstić information content (AvgIpc) is 2.53. The molecule has 10 heteroatoms. The van der Waals surface area contributed by atoms with Crippen molar-refractivity contribution >= 4 is 11.6 Å². The fourth-order valence-electron chi connectivity index (χ4n) is 1.90. The smallest absolute Gasteiger partial charge is 0.416 e. The van der Waals surface area contributed by atoms with Crippen molar-refractivity contribution in [3.8, 4) is 17.6 Å². The highest BCUT2D eigenvalue weighted by atomic mass is 19.4. The molecular formula is C16H8F6N2O2. The van der Waals surface area contributed by atoms with E-state index in [2.05, 4.69) is 0 Å². The van der Waals surface area contributed by atoms with Gasteiger partial charge in [0.1, 0.15) is 12.1 Å². The van der Waals surface area contributed by atoms with Gasteiger partial charge in [0.25, 0.3) is 0 Å². The lowest BCUT2D eigenvalue weighted by molar-refractivity contribution is -0.138. The molecule has 4 nitrogen and oxygen atoms in total. The van der Waals surface area contributed by atoms with Gasteiger partial charge in [-0.05, 0) is 24.3 Å². The number of carbonyl (C=O) groups excluding carboxylic acids is 1. The van der Waals surface area contributed by atoms with Gasteiger partial charge in [-0.25, -0.2) is 13.2 Å². The van der Waals surface area contributed by atoms with Gasteiger partial charge < -0.3 is 10.1 Å². The molecular weight excluding hydrogens is 366 g/mol. The van der Waals surface area contributed by atoms with Crippen LogP contribution in [0.3, 0.4) is 0 Å². The van der Waals surface area contributed by atoms with Crippen LogP contribution in [0.25, 0.3) is 0 Å². The Morgan fingerprint density at radius 1 is 1.12 bits per heavy atom. The van der Waals surface area contributed by atoms with Gasteiger partial charge in [-0.1, -0.05) is 6.07 Å². The number of hydrogen-bond acceptors (Lipinski definition) is 3. The molecule has 0 heterocycles. The molecule has 0 fully saturated rings. The summed E-state index contributed by atoms with van der Waals surface area (Å²) in [6, 6.07) is 4.57. The third kappa shape index (κ3) is 4.24. The fraction of sp³-hybridized carbons (Fsp3) is 0.125. The summed E-state index contributed by atoms with van der Waals surface area (Å²) >= 11 is 0. The number of anilines is 1. The third-order valence-corrected chi connectivity index (χ3v) is 3.02. The zero-order valence-electron chi connectivity index (χ0n) is 12.6. The van der Waals surface area contributed by atoms with Crippen LogP contribution in [0.4, 0.5) is 32.0 Å². The standard InChI is InChI=1S/C16H8F6N2O2/c17-9-2-1-3-12(14(9)24-13(25)4-5-23)26-15-10(18)6-8(7-11(15)19)16(20,21)22/h1-3,6-7H,4H2,(H,24,25). The summed E-state index contributed by atoms with van der Waals surface area (Å²) < 4.78 is 84.0. The van der Waals surface area contributed by atoms with Crippen LogP contribution in [-0.2, 0) is 11.0 Å². The van der Waals surface area contributed by atoms with Crippen molar-refractivity contribution in [3.05, 3.63) is 53.3 Å². The van der Waals surface area contributed by atoms with E-state index in [9.17, 15) is 31.1 Å². The summed E-state index contributed by atoms with van der Waals surface area (Å²) in [6.07, 6.45) is -5.60. The Labute approximate surface area is 142 Å². The summed E-state index contributed by atoms with van der Waals surface area (Å²) in [5.74, 6) is -7.07. The predicted octanol–water partition coefficient (Wildman–Crippen LogP) is 4.77. The number of halogens is 6. The molecule has 1 amide bonds. The molecule has 2 rings (SSSR count). The Morgan fingerprint density at radius 3 is 2.27 bits per heavy atom. The Morgan fingerprint density at radius 2 is 1.73 bits per heavy atom. The Balaban J connectivity index is 2.42. The summed E-state index contributed by atoms with van der Waals surface area (Å²) in [5, 5.41) is 10.4. The number of nitriles is 1.